The normalized spacial score (nSPS) is 10.2. The number of primary amides is 1. The van der Waals surface area contributed by atoms with Gasteiger partial charge in [0.1, 0.15) is 0 Å². The first kappa shape index (κ1) is 16.2. The fraction of sp³-hybridized carbons (Fsp3) is 0.308. The van der Waals surface area contributed by atoms with E-state index in [1.165, 1.54) is 14.2 Å². The van der Waals surface area contributed by atoms with Gasteiger partial charge in [0, 0.05) is 5.56 Å². The highest BCUT2D eigenvalue weighted by molar-refractivity contribution is 5.78. The Morgan fingerprint density at radius 1 is 1.22 bits per heavy atom. The minimum absolute atomic E-state index is 0.284. The van der Waals surface area contributed by atoms with Gasteiger partial charge in [0.25, 0.3) is 5.91 Å². The standard InChI is InChI=1S/C13H15N5O5/c1-21-9-4-3-8(5-10(9)22-2)13-15-17-18(16-13)6-12(20)23-7-11(14)19/h3-5H,6-7H2,1-2H3,(H2,14,19). The fourth-order valence-electron chi connectivity index (χ4n) is 1.71. The predicted octanol–water partition coefficient (Wildman–Crippen LogP) is -0.614. The molecule has 10 nitrogen and oxygen atoms in total. The number of tetrazole rings is 1. The van der Waals surface area contributed by atoms with Crippen LogP contribution in [0.1, 0.15) is 0 Å². The molecule has 2 N–H and O–H groups in total. The van der Waals surface area contributed by atoms with Crippen molar-refractivity contribution in [1.82, 2.24) is 20.2 Å². The lowest BCUT2D eigenvalue weighted by Gasteiger charge is -2.07. The molecule has 0 fully saturated rings. The summed E-state index contributed by atoms with van der Waals surface area (Å²) in [4.78, 5) is 23.0. The molecule has 1 heterocycles. The smallest absolute Gasteiger partial charge is 0.330 e. The van der Waals surface area contributed by atoms with Gasteiger partial charge in [-0.25, -0.2) is 4.79 Å². The molecule has 23 heavy (non-hydrogen) atoms. The van der Waals surface area contributed by atoms with Gasteiger partial charge in [-0.2, -0.15) is 4.80 Å². The van der Waals surface area contributed by atoms with Crippen molar-refractivity contribution in [2.24, 2.45) is 5.73 Å². The Kier molecular flexibility index (Phi) is 5.07. The van der Waals surface area contributed by atoms with Crippen LogP contribution in [-0.4, -0.2) is 52.9 Å². The molecule has 0 aliphatic carbocycles. The van der Waals surface area contributed by atoms with Gasteiger partial charge >= 0.3 is 5.97 Å². The van der Waals surface area contributed by atoms with E-state index in [-0.39, 0.29) is 6.54 Å². The highest BCUT2D eigenvalue weighted by atomic mass is 16.5. The van der Waals surface area contributed by atoms with Crippen molar-refractivity contribution in [3.05, 3.63) is 18.2 Å². The maximum absolute atomic E-state index is 11.5. The molecule has 2 rings (SSSR count). The Balaban J connectivity index is 2.10. The number of aromatic nitrogens is 4. The van der Waals surface area contributed by atoms with Gasteiger partial charge in [0.2, 0.25) is 5.82 Å². The molecule has 1 aromatic heterocycles. The molecule has 0 bridgehead atoms. The van der Waals surface area contributed by atoms with Crippen LogP contribution in [0.25, 0.3) is 11.4 Å². The second-order valence-electron chi connectivity index (χ2n) is 4.34. The third kappa shape index (κ3) is 4.15. The maximum atomic E-state index is 11.5. The van der Waals surface area contributed by atoms with E-state index in [9.17, 15) is 9.59 Å². The zero-order valence-electron chi connectivity index (χ0n) is 12.6. The summed E-state index contributed by atoms with van der Waals surface area (Å²) in [6.45, 7) is -0.774. The molecule has 0 radical (unpaired) electrons. The van der Waals surface area contributed by atoms with Crippen LogP contribution in [0.3, 0.4) is 0 Å². The third-order valence-electron chi connectivity index (χ3n) is 2.74. The van der Waals surface area contributed by atoms with Gasteiger partial charge in [0.15, 0.2) is 24.7 Å². The number of ether oxygens (including phenoxy) is 3. The highest BCUT2D eigenvalue weighted by Crippen LogP contribution is 2.30. The molecule has 1 amide bonds. The van der Waals surface area contributed by atoms with Gasteiger partial charge in [-0.3, -0.25) is 4.79 Å². The number of amides is 1. The number of hydrogen-bond donors (Lipinski definition) is 1. The molecular formula is C13H15N5O5. The van der Waals surface area contributed by atoms with Gasteiger partial charge in [-0.15, -0.1) is 10.2 Å². The zero-order chi connectivity index (χ0) is 16.8. The van der Waals surface area contributed by atoms with E-state index < -0.39 is 18.5 Å². The number of hydrogen-bond acceptors (Lipinski definition) is 8. The van der Waals surface area contributed by atoms with Gasteiger partial charge in [-0.05, 0) is 23.4 Å². The summed E-state index contributed by atoms with van der Waals surface area (Å²) in [5.41, 5.74) is 5.51. The van der Waals surface area contributed by atoms with Crippen LogP contribution >= 0.6 is 0 Å². The average molecular weight is 321 g/mol. The van der Waals surface area contributed by atoms with Crippen molar-refractivity contribution in [2.45, 2.75) is 6.54 Å². The van der Waals surface area contributed by atoms with Crippen molar-refractivity contribution < 1.29 is 23.8 Å². The Bertz CT molecular complexity index is 715. The van der Waals surface area contributed by atoms with Crippen LogP contribution in [0.15, 0.2) is 18.2 Å². The van der Waals surface area contributed by atoms with Crippen LogP contribution < -0.4 is 15.2 Å². The van der Waals surface area contributed by atoms with E-state index in [1.807, 2.05) is 0 Å². The average Bonchev–Trinajstić information content (AvgIpc) is 3.00. The first-order valence-electron chi connectivity index (χ1n) is 6.47. The van der Waals surface area contributed by atoms with Crippen LogP contribution in [0.2, 0.25) is 0 Å². The Morgan fingerprint density at radius 3 is 2.61 bits per heavy atom. The van der Waals surface area contributed by atoms with E-state index >= 15 is 0 Å². The van der Waals surface area contributed by atoms with Gasteiger partial charge in [-0.1, -0.05) is 0 Å². The molecule has 0 aliphatic rings. The molecule has 2 aromatic rings. The van der Waals surface area contributed by atoms with Crippen molar-refractivity contribution in [3.63, 3.8) is 0 Å². The topological polar surface area (TPSA) is 131 Å². The number of esters is 1. The third-order valence-corrected chi connectivity index (χ3v) is 2.74. The summed E-state index contributed by atoms with van der Waals surface area (Å²) in [5, 5.41) is 11.7. The number of carbonyl (C=O) groups excluding carboxylic acids is 2. The molecule has 0 aliphatic heterocycles. The van der Waals surface area contributed by atoms with E-state index in [0.717, 1.165) is 4.80 Å². The van der Waals surface area contributed by atoms with E-state index in [0.29, 0.717) is 22.9 Å². The number of carbonyl (C=O) groups is 2. The summed E-state index contributed by atoms with van der Waals surface area (Å²) < 4.78 is 15.0. The quantitative estimate of drug-likeness (QED) is 0.668. The molecule has 0 saturated heterocycles. The lowest BCUT2D eigenvalue weighted by atomic mass is 10.2. The van der Waals surface area contributed by atoms with Crippen molar-refractivity contribution in [1.29, 1.82) is 0 Å². The monoisotopic (exact) mass is 321 g/mol. The van der Waals surface area contributed by atoms with Crippen molar-refractivity contribution >= 4 is 11.9 Å². The lowest BCUT2D eigenvalue weighted by Crippen LogP contribution is -2.23. The minimum Gasteiger partial charge on any atom is -0.493 e. The molecule has 0 saturated carbocycles. The summed E-state index contributed by atoms with van der Waals surface area (Å²) in [6.07, 6.45) is 0. The highest BCUT2D eigenvalue weighted by Gasteiger charge is 2.13. The minimum atomic E-state index is -0.740. The Labute approximate surface area is 131 Å². The van der Waals surface area contributed by atoms with E-state index in [2.05, 4.69) is 20.1 Å². The second kappa shape index (κ2) is 7.20. The van der Waals surface area contributed by atoms with E-state index in [4.69, 9.17) is 15.2 Å². The molecular weight excluding hydrogens is 306 g/mol. The van der Waals surface area contributed by atoms with Crippen LogP contribution in [0, 0.1) is 0 Å². The molecule has 0 atom stereocenters. The largest absolute Gasteiger partial charge is 0.493 e. The zero-order valence-corrected chi connectivity index (χ0v) is 12.6. The number of methoxy groups -OCH3 is 2. The van der Waals surface area contributed by atoms with Gasteiger partial charge < -0.3 is 19.9 Å². The Hall–Kier alpha value is -3.17. The SMILES string of the molecule is COc1ccc(-c2nnn(CC(=O)OCC(N)=O)n2)cc1OC. The number of rotatable bonds is 7. The Morgan fingerprint density at radius 2 is 1.96 bits per heavy atom. The molecule has 0 unspecified atom stereocenters. The summed E-state index contributed by atoms with van der Waals surface area (Å²) in [6, 6.07) is 5.12. The lowest BCUT2D eigenvalue weighted by molar-refractivity contribution is -0.148. The summed E-state index contributed by atoms with van der Waals surface area (Å²) in [7, 11) is 3.05. The van der Waals surface area contributed by atoms with Crippen LogP contribution in [0.4, 0.5) is 0 Å². The van der Waals surface area contributed by atoms with Crippen molar-refractivity contribution in [2.75, 3.05) is 20.8 Å². The van der Waals surface area contributed by atoms with Crippen LogP contribution in [-0.2, 0) is 20.9 Å². The number of nitrogens with zero attached hydrogens (tertiary/aromatic N) is 4. The second-order valence-corrected chi connectivity index (χ2v) is 4.34. The molecule has 10 heteroatoms. The van der Waals surface area contributed by atoms with Crippen LogP contribution in [0.5, 0.6) is 11.5 Å². The molecule has 0 spiro atoms. The summed E-state index contributed by atoms with van der Waals surface area (Å²) in [5.74, 6) is -0.0504. The summed E-state index contributed by atoms with van der Waals surface area (Å²) >= 11 is 0. The molecule has 122 valence electrons. The predicted molar refractivity (Wildman–Crippen MR) is 76.5 cm³/mol. The fourth-order valence-corrected chi connectivity index (χ4v) is 1.71. The number of benzene rings is 1. The van der Waals surface area contributed by atoms with Crippen molar-refractivity contribution in [3.8, 4) is 22.9 Å². The molecule has 1 aromatic carbocycles. The number of nitrogens with two attached hydrogens (primary N) is 1. The first-order chi connectivity index (χ1) is 11.0. The first-order valence-corrected chi connectivity index (χ1v) is 6.47. The van der Waals surface area contributed by atoms with Gasteiger partial charge in [0.05, 0.1) is 14.2 Å². The maximum Gasteiger partial charge on any atom is 0.330 e. The van der Waals surface area contributed by atoms with E-state index in [1.54, 1.807) is 18.2 Å².